The predicted octanol–water partition coefficient (Wildman–Crippen LogP) is 3.92. The minimum Gasteiger partial charge on any atom is -0.497 e. The van der Waals surface area contributed by atoms with Crippen molar-refractivity contribution in [2.24, 2.45) is 0 Å². The molecule has 0 spiro atoms. The molecule has 5 nitrogen and oxygen atoms in total. The molecule has 1 aliphatic rings. The number of fused-ring (bicyclic) bond motifs is 1. The summed E-state index contributed by atoms with van der Waals surface area (Å²) in [4.78, 5) is 2.72. The van der Waals surface area contributed by atoms with Crippen molar-refractivity contribution >= 4 is 20.8 Å². The van der Waals surface area contributed by atoms with Crippen LogP contribution in [-0.2, 0) is 23.1 Å². The van der Waals surface area contributed by atoms with Crippen molar-refractivity contribution in [1.82, 2.24) is 9.62 Å². The van der Waals surface area contributed by atoms with Crippen molar-refractivity contribution in [3.05, 3.63) is 71.8 Å². The first-order chi connectivity index (χ1) is 14.0. The molecule has 0 amide bonds. The SMILES string of the molecule is COc1ccc2cc(S(=O)(=O)NCc3ccc(CN4CCCC4)cc3)ccc2c1. The highest BCUT2D eigenvalue weighted by molar-refractivity contribution is 7.89. The molecule has 29 heavy (non-hydrogen) atoms. The lowest BCUT2D eigenvalue weighted by Gasteiger charge is -2.14. The number of nitrogens with zero attached hydrogens (tertiary/aromatic N) is 1. The number of nitrogens with one attached hydrogen (secondary N) is 1. The van der Waals surface area contributed by atoms with Crippen LogP contribution < -0.4 is 9.46 Å². The Balaban J connectivity index is 1.42. The molecule has 1 saturated heterocycles. The van der Waals surface area contributed by atoms with Gasteiger partial charge >= 0.3 is 0 Å². The van der Waals surface area contributed by atoms with E-state index in [2.05, 4.69) is 21.8 Å². The van der Waals surface area contributed by atoms with Crippen LogP contribution in [0.3, 0.4) is 0 Å². The molecule has 1 heterocycles. The molecule has 3 aromatic rings. The third-order valence-corrected chi connectivity index (χ3v) is 6.82. The summed E-state index contributed by atoms with van der Waals surface area (Å²) in [6.07, 6.45) is 2.56. The van der Waals surface area contributed by atoms with Crippen molar-refractivity contribution in [1.29, 1.82) is 0 Å². The summed E-state index contributed by atoms with van der Waals surface area (Å²) in [5.41, 5.74) is 2.22. The van der Waals surface area contributed by atoms with Crippen molar-refractivity contribution in [3.8, 4) is 5.75 Å². The van der Waals surface area contributed by atoms with Crippen LogP contribution in [0, 0.1) is 0 Å². The van der Waals surface area contributed by atoms with Crippen LogP contribution in [0.25, 0.3) is 10.8 Å². The van der Waals surface area contributed by atoms with Gasteiger partial charge in [-0.3, -0.25) is 4.90 Å². The Labute approximate surface area is 172 Å². The Morgan fingerprint density at radius 3 is 2.28 bits per heavy atom. The van der Waals surface area contributed by atoms with Gasteiger partial charge in [0.2, 0.25) is 10.0 Å². The van der Waals surface area contributed by atoms with Gasteiger partial charge in [-0.25, -0.2) is 13.1 Å². The van der Waals surface area contributed by atoms with Gasteiger partial charge in [0, 0.05) is 13.1 Å². The second-order valence-corrected chi connectivity index (χ2v) is 9.27. The van der Waals surface area contributed by atoms with E-state index in [9.17, 15) is 8.42 Å². The lowest BCUT2D eigenvalue weighted by atomic mass is 10.1. The molecule has 1 N–H and O–H groups in total. The van der Waals surface area contributed by atoms with E-state index in [0.29, 0.717) is 0 Å². The molecule has 6 heteroatoms. The standard InChI is InChI=1S/C23H26N2O3S/c1-28-22-10-8-21-15-23(11-9-20(21)14-22)29(26,27)24-16-18-4-6-19(7-5-18)17-25-12-2-3-13-25/h4-11,14-15,24H,2-3,12-13,16-17H2,1H3. The largest absolute Gasteiger partial charge is 0.497 e. The van der Waals surface area contributed by atoms with Crippen LogP contribution in [-0.4, -0.2) is 33.5 Å². The Morgan fingerprint density at radius 1 is 0.897 bits per heavy atom. The predicted molar refractivity (Wildman–Crippen MR) is 115 cm³/mol. The van der Waals surface area contributed by atoms with Crippen LogP contribution in [0.1, 0.15) is 24.0 Å². The Bertz CT molecular complexity index is 1090. The third kappa shape index (κ3) is 4.78. The number of ether oxygens (including phenoxy) is 1. The van der Waals surface area contributed by atoms with Gasteiger partial charge in [-0.2, -0.15) is 0 Å². The first kappa shape index (κ1) is 19.9. The second-order valence-electron chi connectivity index (χ2n) is 7.50. The molecule has 152 valence electrons. The number of sulfonamides is 1. The van der Waals surface area contributed by atoms with Crippen molar-refractivity contribution < 1.29 is 13.2 Å². The zero-order chi connectivity index (χ0) is 20.3. The topological polar surface area (TPSA) is 58.6 Å². The summed E-state index contributed by atoms with van der Waals surface area (Å²) in [5, 5.41) is 1.80. The molecule has 0 atom stereocenters. The maximum Gasteiger partial charge on any atom is 0.240 e. The van der Waals surface area contributed by atoms with Crippen molar-refractivity contribution in [2.75, 3.05) is 20.2 Å². The van der Waals surface area contributed by atoms with Gasteiger partial charge in [-0.15, -0.1) is 0 Å². The Kier molecular flexibility index (Phi) is 5.85. The van der Waals surface area contributed by atoms with Gasteiger partial charge in [0.1, 0.15) is 5.75 Å². The lowest BCUT2D eigenvalue weighted by Crippen LogP contribution is -2.23. The van der Waals surface area contributed by atoms with E-state index in [-0.39, 0.29) is 11.4 Å². The summed E-state index contributed by atoms with van der Waals surface area (Å²) in [6.45, 7) is 3.57. The third-order valence-electron chi connectivity index (χ3n) is 5.42. The molecular weight excluding hydrogens is 384 g/mol. The Hall–Kier alpha value is -2.41. The minimum absolute atomic E-state index is 0.265. The Morgan fingerprint density at radius 2 is 1.55 bits per heavy atom. The second kappa shape index (κ2) is 8.53. The van der Waals surface area contributed by atoms with E-state index in [1.807, 2.05) is 30.3 Å². The molecule has 4 rings (SSSR count). The molecule has 0 radical (unpaired) electrons. The molecule has 3 aromatic carbocycles. The number of rotatable bonds is 7. The van der Waals surface area contributed by atoms with Crippen molar-refractivity contribution in [2.45, 2.75) is 30.8 Å². The van der Waals surface area contributed by atoms with Gasteiger partial charge in [0.15, 0.2) is 0 Å². The smallest absolute Gasteiger partial charge is 0.240 e. The number of hydrogen-bond acceptors (Lipinski definition) is 4. The molecule has 0 saturated carbocycles. The van der Waals surface area contributed by atoms with Gasteiger partial charge in [0.05, 0.1) is 12.0 Å². The highest BCUT2D eigenvalue weighted by Gasteiger charge is 2.15. The molecular formula is C23H26N2O3S. The number of likely N-dealkylation sites (tertiary alicyclic amines) is 1. The normalized spacial score (nSPS) is 15.1. The van der Waals surface area contributed by atoms with E-state index in [1.54, 1.807) is 25.3 Å². The zero-order valence-electron chi connectivity index (χ0n) is 16.6. The van der Waals surface area contributed by atoms with E-state index in [1.165, 1.54) is 31.5 Å². The molecule has 0 aromatic heterocycles. The van der Waals surface area contributed by atoms with Gasteiger partial charge in [0.25, 0.3) is 0 Å². The van der Waals surface area contributed by atoms with Gasteiger partial charge in [-0.1, -0.05) is 36.4 Å². The maximum absolute atomic E-state index is 12.7. The van der Waals surface area contributed by atoms with Gasteiger partial charge < -0.3 is 4.74 Å². The molecule has 1 aliphatic heterocycles. The van der Waals surface area contributed by atoms with E-state index < -0.39 is 10.0 Å². The van der Waals surface area contributed by atoms with Crippen LogP contribution in [0.5, 0.6) is 5.75 Å². The van der Waals surface area contributed by atoms with Crippen LogP contribution in [0.2, 0.25) is 0 Å². The number of methoxy groups -OCH3 is 1. The summed E-state index contributed by atoms with van der Waals surface area (Å²) in [7, 11) is -1.97. The van der Waals surface area contributed by atoms with E-state index in [0.717, 1.165) is 28.6 Å². The maximum atomic E-state index is 12.7. The fraction of sp³-hybridized carbons (Fsp3) is 0.304. The highest BCUT2D eigenvalue weighted by atomic mass is 32.2. The van der Waals surface area contributed by atoms with Crippen LogP contribution in [0.15, 0.2) is 65.6 Å². The summed E-state index contributed by atoms with van der Waals surface area (Å²) in [6, 6.07) is 18.9. The number of benzene rings is 3. The first-order valence-corrected chi connectivity index (χ1v) is 11.4. The van der Waals surface area contributed by atoms with Crippen molar-refractivity contribution in [3.63, 3.8) is 0 Å². The molecule has 0 bridgehead atoms. The summed E-state index contributed by atoms with van der Waals surface area (Å²) < 4.78 is 33.4. The lowest BCUT2D eigenvalue weighted by molar-refractivity contribution is 0.331. The monoisotopic (exact) mass is 410 g/mol. The molecule has 1 fully saturated rings. The fourth-order valence-electron chi connectivity index (χ4n) is 3.72. The summed E-state index contributed by atoms with van der Waals surface area (Å²) in [5.74, 6) is 0.749. The highest BCUT2D eigenvalue weighted by Crippen LogP contribution is 2.23. The zero-order valence-corrected chi connectivity index (χ0v) is 17.4. The first-order valence-electron chi connectivity index (χ1n) is 9.91. The average molecular weight is 411 g/mol. The average Bonchev–Trinajstić information content (AvgIpc) is 3.25. The quantitative estimate of drug-likeness (QED) is 0.641. The number of hydrogen-bond donors (Lipinski definition) is 1. The van der Waals surface area contributed by atoms with E-state index in [4.69, 9.17) is 4.74 Å². The van der Waals surface area contributed by atoms with Gasteiger partial charge in [-0.05, 0) is 72.1 Å². The summed E-state index contributed by atoms with van der Waals surface area (Å²) >= 11 is 0. The van der Waals surface area contributed by atoms with Crippen LogP contribution in [0.4, 0.5) is 0 Å². The molecule has 0 aliphatic carbocycles. The van der Waals surface area contributed by atoms with Crippen LogP contribution >= 0.6 is 0 Å². The van der Waals surface area contributed by atoms with E-state index >= 15 is 0 Å². The molecule has 0 unspecified atom stereocenters. The fourth-order valence-corrected chi connectivity index (χ4v) is 4.77. The minimum atomic E-state index is -3.58.